The van der Waals surface area contributed by atoms with E-state index in [1.165, 1.54) is 24.1 Å². The second-order valence-corrected chi connectivity index (χ2v) is 7.89. The Hall–Kier alpha value is -1.69. The molecule has 122 valence electrons. The van der Waals surface area contributed by atoms with Crippen LogP contribution in [0.15, 0.2) is 16.7 Å². The summed E-state index contributed by atoms with van der Waals surface area (Å²) < 4.78 is 5.41. The highest BCUT2D eigenvalue weighted by Crippen LogP contribution is 2.34. The number of aromatic nitrogens is 2. The van der Waals surface area contributed by atoms with Crippen molar-refractivity contribution in [1.82, 2.24) is 15.0 Å². The maximum absolute atomic E-state index is 12.4. The average molecular weight is 331 g/mol. The molecule has 0 spiro atoms. The van der Waals surface area contributed by atoms with Crippen molar-refractivity contribution in [3.63, 3.8) is 0 Å². The summed E-state index contributed by atoms with van der Waals surface area (Å²) in [4.78, 5) is 21.2. The quantitative estimate of drug-likeness (QED) is 0.859. The van der Waals surface area contributed by atoms with Crippen LogP contribution in [-0.2, 0) is 4.79 Å². The second-order valence-electron chi connectivity index (χ2n) is 6.61. The molecule has 1 amide bonds. The third-order valence-corrected chi connectivity index (χ3v) is 5.92. The molecule has 2 fully saturated rings. The minimum absolute atomic E-state index is 0.0722. The van der Waals surface area contributed by atoms with E-state index in [9.17, 15) is 4.79 Å². The van der Waals surface area contributed by atoms with Gasteiger partial charge in [-0.3, -0.25) is 4.79 Å². The van der Waals surface area contributed by atoms with Crippen molar-refractivity contribution in [2.75, 3.05) is 6.54 Å². The molecule has 1 aliphatic heterocycles. The number of thiophene rings is 1. The Morgan fingerprint density at radius 2 is 2.09 bits per heavy atom. The van der Waals surface area contributed by atoms with Gasteiger partial charge in [-0.1, -0.05) is 24.4 Å². The Morgan fingerprint density at radius 3 is 2.83 bits per heavy atom. The molecular formula is C17H21N3O2S. The van der Waals surface area contributed by atoms with Gasteiger partial charge in [0.1, 0.15) is 0 Å². The predicted molar refractivity (Wildman–Crippen MR) is 88.3 cm³/mol. The molecule has 23 heavy (non-hydrogen) atoms. The molecule has 1 unspecified atom stereocenters. The predicted octanol–water partition coefficient (Wildman–Crippen LogP) is 3.76. The zero-order valence-corrected chi connectivity index (χ0v) is 14.1. The van der Waals surface area contributed by atoms with E-state index in [0.29, 0.717) is 24.2 Å². The third-order valence-electron chi connectivity index (χ3n) is 4.93. The van der Waals surface area contributed by atoms with Crippen LogP contribution < -0.4 is 0 Å². The summed E-state index contributed by atoms with van der Waals surface area (Å²) in [6.07, 6.45) is 6.58. The van der Waals surface area contributed by atoms with E-state index in [1.807, 2.05) is 12.1 Å². The molecular weight excluding hydrogens is 310 g/mol. The van der Waals surface area contributed by atoms with Crippen LogP contribution in [0.1, 0.15) is 55.1 Å². The number of rotatable bonds is 3. The van der Waals surface area contributed by atoms with E-state index in [0.717, 1.165) is 24.3 Å². The van der Waals surface area contributed by atoms with E-state index in [1.54, 1.807) is 11.3 Å². The highest BCUT2D eigenvalue weighted by molar-refractivity contribution is 7.15. The van der Waals surface area contributed by atoms with Crippen LogP contribution in [0.4, 0.5) is 0 Å². The Kier molecular flexibility index (Phi) is 3.93. The highest BCUT2D eigenvalue weighted by atomic mass is 32.1. The zero-order chi connectivity index (χ0) is 15.8. The smallest absolute Gasteiger partial charge is 0.268 e. The van der Waals surface area contributed by atoms with Crippen molar-refractivity contribution in [2.45, 2.75) is 57.4 Å². The van der Waals surface area contributed by atoms with Crippen LogP contribution in [0.3, 0.4) is 0 Å². The van der Waals surface area contributed by atoms with Crippen molar-refractivity contribution in [3.05, 3.63) is 22.8 Å². The van der Waals surface area contributed by atoms with E-state index < -0.39 is 0 Å². The van der Waals surface area contributed by atoms with E-state index in [4.69, 9.17) is 4.52 Å². The van der Waals surface area contributed by atoms with E-state index >= 15 is 0 Å². The fourth-order valence-corrected chi connectivity index (χ4v) is 4.49. The minimum atomic E-state index is 0.0722. The maximum atomic E-state index is 12.4. The van der Waals surface area contributed by atoms with Crippen LogP contribution in [0.2, 0.25) is 0 Å². The summed E-state index contributed by atoms with van der Waals surface area (Å²) in [5, 5.41) is 4.14. The molecule has 2 aromatic rings. The maximum Gasteiger partial charge on any atom is 0.268 e. The number of carbonyl (C=O) groups is 1. The van der Waals surface area contributed by atoms with Crippen molar-refractivity contribution in [2.24, 2.45) is 0 Å². The van der Waals surface area contributed by atoms with Crippen molar-refractivity contribution in [1.29, 1.82) is 0 Å². The molecule has 5 nitrogen and oxygen atoms in total. The molecule has 1 aliphatic carbocycles. The molecule has 2 aliphatic rings. The Balaban J connectivity index is 1.49. The Morgan fingerprint density at radius 1 is 1.26 bits per heavy atom. The fraction of sp³-hybridized carbons (Fsp3) is 0.588. The summed E-state index contributed by atoms with van der Waals surface area (Å²) in [5.41, 5.74) is 0. The number of carbonyl (C=O) groups excluding carboxylic acids is 1. The number of nitrogens with zero attached hydrogens (tertiary/aromatic N) is 3. The first-order valence-corrected chi connectivity index (χ1v) is 9.22. The zero-order valence-electron chi connectivity index (χ0n) is 13.3. The minimum Gasteiger partial charge on any atom is -0.339 e. The van der Waals surface area contributed by atoms with Gasteiger partial charge < -0.3 is 9.42 Å². The number of aryl methyl sites for hydroxylation is 1. The molecule has 4 rings (SSSR count). The van der Waals surface area contributed by atoms with Crippen LogP contribution in [0.25, 0.3) is 10.8 Å². The lowest BCUT2D eigenvalue weighted by atomic mass is 9.94. The summed E-state index contributed by atoms with van der Waals surface area (Å²) in [6, 6.07) is 4.48. The van der Waals surface area contributed by atoms with Gasteiger partial charge in [-0.05, 0) is 31.9 Å². The van der Waals surface area contributed by atoms with Gasteiger partial charge in [-0.25, -0.2) is 0 Å². The number of hydrogen-bond donors (Lipinski definition) is 0. The van der Waals surface area contributed by atoms with Crippen LogP contribution in [0.5, 0.6) is 0 Å². The first-order chi connectivity index (χ1) is 11.2. The average Bonchev–Trinajstić information content (AvgIpc) is 3.27. The summed E-state index contributed by atoms with van der Waals surface area (Å²) in [7, 11) is 0. The molecule has 1 atom stereocenters. The molecule has 1 saturated heterocycles. The fourth-order valence-electron chi connectivity index (χ4n) is 3.70. The lowest BCUT2D eigenvalue weighted by Gasteiger charge is -2.31. The molecule has 0 radical (unpaired) electrons. The van der Waals surface area contributed by atoms with Gasteiger partial charge in [-0.15, -0.1) is 11.3 Å². The standard InChI is InChI=1S/C17H21N3O2S/c1-11-7-8-14(23-11)17-18-16(19-22-17)12-9-15(21)20(10-12)13-5-3-2-4-6-13/h7-8,12-13H,2-6,9-10H2,1H3. The van der Waals surface area contributed by atoms with Gasteiger partial charge in [0.05, 0.1) is 4.88 Å². The summed E-state index contributed by atoms with van der Waals surface area (Å²) in [6.45, 7) is 2.80. The lowest BCUT2D eigenvalue weighted by molar-refractivity contribution is -0.130. The molecule has 6 heteroatoms. The van der Waals surface area contributed by atoms with Gasteiger partial charge in [0.15, 0.2) is 5.82 Å². The largest absolute Gasteiger partial charge is 0.339 e. The van der Waals surface area contributed by atoms with Gasteiger partial charge in [0.2, 0.25) is 5.91 Å². The van der Waals surface area contributed by atoms with Gasteiger partial charge >= 0.3 is 0 Å². The van der Waals surface area contributed by atoms with Crippen molar-refractivity contribution >= 4 is 17.2 Å². The molecule has 2 aromatic heterocycles. The number of likely N-dealkylation sites (tertiary alicyclic amines) is 1. The van der Waals surface area contributed by atoms with Crippen LogP contribution in [0, 0.1) is 6.92 Å². The molecule has 0 N–H and O–H groups in total. The van der Waals surface area contributed by atoms with Gasteiger partial charge in [0.25, 0.3) is 5.89 Å². The van der Waals surface area contributed by atoms with Gasteiger partial charge in [-0.2, -0.15) is 4.98 Å². The first-order valence-electron chi connectivity index (χ1n) is 8.40. The number of hydrogen-bond acceptors (Lipinski definition) is 5. The Labute approximate surface area is 139 Å². The lowest BCUT2D eigenvalue weighted by Crippen LogP contribution is -2.37. The van der Waals surface area contributed by atoms with Crippen molar-refractivity contribution < 1.29 is 9.32 Å². The van der Waals surface area contributed by atoms with Crippen LogP contribution >= 0.6 is 11.3 Å². The third kappa shape index (κ3) is 2.92. The first kappa shape index (κ1) is 14.9. The van der Waals surface area contributed by atoms with Crippen LogP contribution in [-0.4, -0.2) is 33.5 Å². The summed E-state index contributed by atoms with van der Waals surface area (Å²) in [5.74, 6) is 1.57. The molecule has 0 aromatic carbocycles. The van der Waals surface area contributed by atoms with Crippen molar-refractivity contribution in [3.8, 4) is 10.8 Å². The SMILES string of the molecule is Cc1ccc(-c2nc(C3CC(=O)N(C4CCCCC4)C3)no2)s1. The summed E-state index contributed by atoms with van der Waals surface area (Å²) >= 11 is 1.65. The number of amides is 1. The molecule has 1 saturated carbocycles. The van der Waals surface area contributed by atoms with E-state index in [-0.39, 0.29) is 11.8 Å². The monoisotopic (exact) mass is 331 g/mol. The highest BCUT2D eigenvalue weighted by Gasteiger charge is 2.37. The Bertz CT molecular complexity index is 702. The van der Waals surface area contributed by atoms with Gasteiger partial charge in [0, 0.05) is 29.8 Å². The second kappa shape index (κ2) is 6.07. The molecule has 0 bridgehead atoms. The normalized spacial score (nSPS) is 22.9. The topological polar surface area (TPSA) is 59.2 Å². The molecule has 3 heterocycles. The van der Waals surface area contributed by atoms with E-state index in [2.05, 4.69) is 22.0 Å².